The molecule has 0 unspecified atom stereocenters. The van der Waals surface area contributed by atoms with Gasteiger partial charge in [-0.3, -0.25) is 4.72 Å². The van der Waals surface area contributed by atoms with Gasteiger partial charge in [0.05, 0.1) is 18.3 Å². The van der Waals surface area contributed by atoms with Crippen LogP contribution in [0.4, 0.5) is 5.82 Å². The van der Waals surface area contributed by atoms with E-state index in [-0.39, 0.29) is 22.2 Å². The average Bonchev–Trinajstić information content (AvgIpc) is 3.39. The Hall–Kier alpha value is -3.24. The number of rotatable bonds is 6. The third-order valence-electron chi connectivity index (χ3n) is 4.91. The van der Waals surface area contributed by atoms with Gasteiger partial charge in [-0.05, 0) is 62.4 Å². The number of nitrogens with one attached hydrogen (secondary N) is 1. The van der Waals surface area contributed by atoms with Crippen LogP contribution in [0.5, 0.6) is 0 Å². The number of nitrogens with zero attached hydrogens (tertiary/aromatic N) is 3. The molecular weight excluding hydrogens is 448 g/mol. The van der Waals surface area contributed by atoms with Gasteiger partial charge >= 0.3 is 5.97 Å². The second kappa shape index (κ2) is 8.36. The first-order chi connectivity index (χ1) is 15.2. The van der Waals surface area contributed by atoms with E-state index in [2.05, 4.69) is 15.9 Å². The molecule has 0 amide bonds. The first-order valence-electron chi connectivity index (χ1n) is 9.91. The summed E-state index contributed by atoms with van der Waals surface area (Å²) in [4.78, 5) is 17.3. The second-order valence-electron chi connectivity index (χ2n) is 7.35. The van der Waals surface area contributed by atoms with Gasteiger partial charge in [-0.2, -0.15) is 9.78 Å². The number of thiophene rings is 1. The number of pyridine rings is 1. The number of anilines is 1. The molecule has 1 N–H and O–H groups in total. The van der Waals surface area contributed by atoms with Crippen molar-refractivity contribution >= 4 is 44.1 Å². The van der Waals surface area contributed by atoms with Gasteiger partial charge in [-0.1, -0.05) is 17.7 Å². The van der Waals surface area contributed by atoms with Crippen molar-refractivity contribution in [1.29, 1.82) is 0 Å². The lowest BCUT2D eigenvalue weighted by Crippen LogP contribution is -2.18. The predicted molar refractivity (Wildman–Crippen MR) is 124 cm³/mol. The number of carbonyl (C=O) groups excluding carboxylic acids is 1. The van der Waals surface area contributed by atoms with Crippen molar-refractivity contribution in [3.05, 3.63) is 64.2 Å². The molecule has 1 aromatic carbocycles. The summed E-state index contributed by atoms with van der Waals surface area (Å²) in [6.45, 7) is 7.77. The summed E-state index contributed by atoms with van der Waals surface area (Å²) in [5.41, 5.74) is 3.86. The van der Waals surface area contributed by atoms with E-state index in [1.165, 1.54) is 16.9 Å². The van der Waals surface area contributed by atoms with Gasteiger partial charge in [-0.15, -0.1) is 11.3 Å². The SMILES string of the molecule is CCOC(=O)c1cnn(-c2cc(C)c3cc(C)cc(C)c3n2)c1NS(=O)(=O)c1cccs1. The molecule has 0 aliphatic carbocycles. The molecule has 0 saturated carbocycles. The number of aromatic nitrogens is 3. The highest BCUT2D eigenvalue weighted by Gasteiger charge is 2.26. The van der Waals surface area contributed by atoms with Crippen molar-refractivity contribution in [2.45, 2.75) is 31.9 Å². The average molecular weight is 471 g/mol. The largest absolute Gasteiger partial charge is 0.462 e. The van der Waals surface area contributed by atoms with Crippen LogP contribution in [0, 0.1) is 20.8 Å². The minimum Gasteiger partial charge on any atom is -0.462 e. The maximum Gasteiger partial charge on any atom is 0.343 e. The van der Waals surface area contributed by atoms with Crippen LogP contribution in [0.1, 0.15) is 34.0 Å². The Morgan fingerprint density at radius 1 is 1.19 bits per heavy atom. The molecule has 0 atom stereocenters. The maximum atomic E-state index is 12.9. The van der Waals surface area contributed by atoms with E-state index in [1.54, 1.807) is 18.4 Å². The molecule has 32 heavy (non-hydrogen) atoms. The molecule has 3 heterocycles. The summed E-state index contributed by atoms with van der Waals surface area (Å²) < 4.78 is 34.9. The standard InChI is InChI=1S/C22H22N4O4S2/c1-5-30-22(27)17-12-23-26(21(17)25-32(28,29)19-7-6-8-31-19)18-11-14(3)16-10-13(2)9-15(4)20(16)24-18/h6-12,25H,5H2,1-4H3. The van der Waals surface area contributed by atoms with Crippen LogP contribution in [-0.4, -0.2) is 35.8 Å². The fraction of sp³-hybridized carbons (Fsp3) is 0.227. The zero-order valence-electron chi connectivity index (χ0n) is 18.0. The number of benzene rings is 1. The molecule has 3 aromatic heterocycles. The van der Waals surface area contributed by atoms with Gasteiger partial charge in [0, 0.05) is 5.39 Å². The van der Waals surface area contributed by atoms with Crippen molar-refractivity contribution in [2.75, 3.05) is 11.3 Å². The Balaban J connectivity index is 1.91. The lowest BCUT2D eigenvalue weighted by Gasteiger charge is -2.14. The third-order valence-corrected chi connectivity index (χ3v) is 7.65. The van der Waals surface area contributed by atoms with Crippen molar-refractivity contribution in [3.8, 4) is 5.82 Å². The van der Waals surface area contributed by atoms with Crippen LogP contribution in [0.3, 0.4) is 0 Å². The lowest BCUT2D eigenvalue weighted by atomic mass is 10.0. The quantitative estimate of drug-likeness (QED) is 0.419. The first kappa shape index (κ1) is 22.0. The van der Waals surface area contributed by atoms with Crippen LogP contribution in [-0.2, 0) is 14.8 Å². The van der Waals surface area contributed by atoms with E-state index in [1.807, 2.05) is 32.9 Å². The van der Waals surface area contributed by atoms with E-state index >= 15 is 0 Å². The summed E-state index contributed by atoms with van der Waals surface area (Å²) in [6, 6.07) is 9.03. The highest BCUT2D eigenvalue weighted by Crippen LogP contribution is 2.29. The maximum absolute atomic E-state index is 12.9. The van der Waals surface area contributed by atoms with Gasteiger partial charge in [0.2, 0.25) is 0 Å². The normalized spacial score (nSPS) is 11.6. The van der Waals surface area contributed by atoms with Gasteiger partial charge in [0.15, 0.2) is 11.6 Å². The molecule has 0 saturated heterocycles. The molecule has 0 spiro atoms. The number of fused-ring (bicyclic) bond motifs is 1. The van der Waals surface area contributed by atoms with E-state index in [9.17, 15) is 13.2 Å². The van der Waals surface area contributed by atoms with Gasteiger partial charge in [-0.25, -0.2) is 18.2 Å². The molecule has 0 bridgehead atoms. The number of hydrogen-bond donors (Lipinski definition) is 1. The predicted octanol–water partition coefficient (Wildman–Crippen LogP) is 4.38. The number of sulfonamides is 1. The van der Waals surface area contributed by atoms with Crippen LogP contribution in [0.15, 0.2) is 46.1 Å². The molecular formula is C22H22N4O4S2. The fourth-order valence-corrected chi connectivity index (χ4v) is 5.56. The molecule has 8 nitrogen and oxygen atoms in total. The van der Waals surface area contributed by atoms with E-state index in [4.69, 9.17) is 9.72 Å². The zero-order valence-corrected chi connectivity index (χ0v) is 19.7. The van der Waals surface area contributed by atoms with Gasteiger partial charge in [0.1, 0.15) is 9.77 Å². The third kappa shape index (κ3) is 3.98. The van der Waals surface area contributed by atoms with Gasteiger partial charge < -0.3 is 4.74 Å². The summed E-state index contributed by atoms with van der Waals surface area (Å²) in [6.07, 6.45) is 1.29. The van der Waals surface area contributed by atoms with E-state index in [0.29, 0.717) is 5.82 Å². The Morgan fingerprint density at radius 3 is 2.66 bits per heavy atom. The summed E-state index contributed by atoms with van der Waals surface area (Å²) in [5.74, 6) is -0.304. The summed E-state index contributed by atoms with van der Waals surface area (Å²) in [5, 5.41) is 6.95. The number of hydrogen-bond acceptors (Lipinski definition) is 7. The molecule has 10 heteroatoms. The van der Waals surface area contributed by atoms with Crippen LogP contribution in [0.25, 0.3) is 16.7 Å². The number of ether oxygens (including phenoxy) is 1. The molecule has 4 rings (SSSR count). The monoisotopic (exact) mass is 470 g/mol. The van der Waals surface area contributed by atoms with Crippen molar-refractivity contribution in [3.63, 3.8) is 0 Å². The molecule has 0 aliphatic heterocycles. The smallest absolute Gasteiger partial charge is 0.343 e. The molecule has 0 radical (unpaired) electrons. The number of esters is 1. The Bertz CT molecular complexity index is 1420. The fourth-order valence-electron chi connectivity index (χ4n) is 3.51. The second-order valence-corrected chi connectivity index (χ2v) is 10.2. The minimum atomic E-state index is -3.94. The van der Waals surface area contributed by atoms with E-state index in [0.717, 1.165) is 38.9 Å². The highest BCUT2D eigenvalue weighted by atomic mass is 32.2. The van der Waals surface area contributed by atoms with Crippen LogP contribution < -0.4 is 4.72 Å². The Labute approximate surface area is 189 Å². The number of aryl methyl sites for hydroxylation is 3. The van der Waals surface area contributed by atoms with E-state index < -0.39 is 16.0 Å². The van der Waals surface area contributed by atoms with Crippen molar-refractivity contribution in [1.82, 2.24) is 14.8 Å². The minimum absolute atomic E-state index is 0.00663. The lowest BCUT2D eigenvalue weighted by molar-refractivity contribution is 0.0527. The van der Waals surface area contributed by atoms with Crippen molar-refractivity contribution in [2.24, 2.45) is 0 Å². The topological polar surface area (TPSA) is 103 Å². The van der Waals surface area contributed by atoms with Crippen LogP contribution in [0.2, 0.25) is 0 Å². The Morgan fingerprint density at radius 2 is 1.97 bits per heavy atom. The van der Waals surface area contributed by atoms with Gasteiger partial charge in [0.25, 0.3) is 10.0 Å². The molecule has 0 fully saturated rings. The first-order valence-corrected chi connectivity index (χ1v) is 12.3. The number of carbonyl (C=O) groups is 1. The zero-order chi connectivity index (χ0) is 23.0. The Kier molecular flexibility index (Phi) is 5.74. The highest BCUT2D eigenvalue weighted by molar-refractivity contribution is 7.94. The summed E-state index contributed by atoms with van der Waals surface area (Å²) in [7, 11) is -3.94. The molecule has 0 aliphatic rings. The van der Waals surface area contributed by atoms with Crippen molar-refractivity contribution < 1.29 is 17.9 Å². The van der Waals surface area contributed by atoms with Crippen LogP contribution >= 0.6 is 11.3 Å². The summed E-state index contributed by atoms with van der Waals surface area (Å²) >= 11 is 1.07. The molecule has 166 valence electrons. The molecule has 4 aromatic rings.